The Hall–Kier alpha value is -2.62. The van der Waals surface area contributed by atoms with Crippen molar-refractivity contribution in [1.82, 2.24) is 4.31 Å². The van der Waals surface area contributed by atoms with E-state index in [0.29, 0.717) is 24.5 Å². The van der Waals surface area contributed by atoms with E-state index in [4.69, 9.17) is 21.1 Å². The lowest BCUT2D eigenvalue weighted by atomic mass is 10.2. The second-order valence-corrected chi connectivity index (χ2v) is 8.92. The number of methoxy groups -OCH3 is 1. The minimum absolute atomic E-state index is 0.0329. The predicted molar refractivity (Wildman–Crippen MR) is 111 cm³/mol. The summed E-state index contributed by atoms with van der Waals surface area (Å²) in [6.07, 6.45) is 1.59. The molecule has 2 aromatic carbocycles. The number of hydrogen-bond donors (Lipinski definition) is 1. The van der Waals surface area contributed by atoms with Gasteiger partial charge in [-0.15, -0.1) is 0 Å². The number of sulfonamides is 1. The highest BCUT2D eigenvalue weighted by molar-refractivity contribution is 7.89. The Morgan fingerprint density at radius 2 is 1.83 bits per heavy atom. The summed E-state index contributed by atoms with van der Waals surface area (Å²) >= 11 is 6.06. The fourth-order valence-electron chi connectivity index (χ4n) is 3.04. The van der Waals surface area contributed by atoms with Gasteiger partial charge in [0.1, 0.15) is 5.75 Å². The quantitative estimate of drug-likeness (QED) is 0.648. The normalized spacial score (nSPS) is 14.3. The fourth-order valence-corrected chi connectivity index (χ4v) is 4.78. The number of nitrogens with one attached hydrogen (secondary N) is 1. The lowest BCUT2D eigenvalue weighted by molar-refractivity contribution is -0.119. The van der Waals surface area contributed by atoms with Crippen LogP contribution in [0.5, 0.6) is 5.75 Å². The number of benzene rings is 2. The first kappa shape index (κ1) is 22.1. The third kappa shape index (κ3) is 4.92. The van der Waals surface area contributed by atoms with Crippen molar-refractivity contribution in [3.63, 3.8) is 0 Å². The van der Waals surface area contributed by atoms with E-state index in [9.17, 15) is 18.0 Å². The molecule has 1 saturated heterocycles. The number of carbonyl (C=O) groups is 2. The Labute approximate surface area is 179 Å². The van der Waals surface area contributed by atoms with Crippen molar-refractivity contribution in [2.24, 2.45) is 0 Å². The van der Waals surface area contributed by atoms with Gasteiger partial charge in [0.15, 0.2) is 6.61 Å². The second kappa shape index (κ2) is 9.46. The molecule has 1 fully saturated rings. The SMILES string of the molecule is COc1ccccc1NC(=O)COC(=O)c1cc(S(=O)(=O)N2CCCC2)ccc1Cl. The minimum atomic E-state index is -3.72. The molecule has 0 saturated carbocycles. The summed E-state index contributed by atoms with van der Waals surface area (Å²) in [5, 5.41) is 2.61. The van der Waals surface area contributed by atoms with Gasteiger partial charge in [-0.2, -0.15) is 4.31 Å². The Balaban J connectivity index is 1.68. The fraction of sp³-hybridized carbons (Fsp3) is 0.300. The highest BCUT2D eigenvalue weighted by Gasteiger charge is 2.28. The van der Waals surface area contributed by atoms with Crippen LogP contribution in [-0.4, -0.2) is 51.4 Å². The molecule has 1 amide bonds. The van der Waals surface area contributed by atoms with Gasteiger partial charge >= 0.3 is 5.97 Å². The van der Waals surface area contributed by atoms with E-state index >= 15 is 0 Å². The molecule has 8 nitrogen and oxygen atoms in total. The van der Waals surface area contributed by atoms with Gasteiger partial charge < -0.3 is 14.8 Å². The standard InChI is InChI=1S/C20H21ClN2O6S/c1-28-18-7-3-2-6-17(18)22-19(24)13-29-20(25)15-12-14(8-9-16(15)21)30(26,27)23-10-4-5-11-23/h2-3,6-9,12H,4-5,10-11,13H2,1H3,(H,22,24). The number of anilines is 1. The monoisotopic (exact) mass is 452 g/mol. The molecule has 2 aromatic rings. The number of hydrogen-bond acceptors (Lipinski definition) is 6. The lowest BCUT2D eigenvalue weighted by Gasteiger charge is -2.16. The Morgan fingerprint density at radius 3 is 2.53 bits per heavy atom. The van der Waals surface area contributed by atoms with E-state index in [1.165, 1.54) is 29.6 Å². The molecule has 0 atom stereocenters. The zero-order valence-corrected chi connectivity index (χ0v) is 17.8. The average Bonchev–Trinajstić information content (AvgIpc) is 3.28. The van der Waals surface area contributed by atoms with Gasteiger partial charge in [-0.1, -0.05) is 23.7 Å². The molecule has 0 bridgehead atoms. The molecular weight excluding hydrogens is 432 g/mol. The molecule has 1 aliphatic rings. The number of halogens is 1. The Kier molecular flexibility index (Phi) is 6.96. The van der Waals surface area contributed by atoms with Gasteiger partial charge in [-0.05, 0) is 43.2 Å². The topological polar surface area (TPSA) is 102 Å². The van der Waals surface area contributed by atoms with E-state index in [-0.39, 0.29) is 15.5 Å². The molecule has 10 heteroatoms. The van der Waals surface area contributed by atoms with Crippen molar-refractivity contribution in [3.05, 3.63) is 53.1 Å². The van der Waals surface area contributed by atoms with Crippen LogP contribution in [-0.2, 0) is 19.6 Å². The molecule has 1 N–H and O–H groups in total. The van der Waals surface area contributed by atoms with Crippen molar-refractivity contribution in [2.75, 3.05) is 32.1 Å². The van der Waals surface area contributed by atoms with Crippen LogP contribution in [0.2, 0.25) is 5.02 Å². The van der Waals surface area contributed by atoms with Crippen LogP contribution < -0.4 is 10.1 Å². The van der Waals surface area contributed by atoms with E-state index in [2.05, 4.69) is 5.32 Å². The Morgan fingerprint density at radius 1 is 1.13 bits per heavy atom. The highest BCUT2D eigenvalue weighted by Crippen LogP contribution is 2.26. The smallest absolute Gasteiger partial charge is 0.340 e. The minimum Gasteiger partial charge on any atom is -0.495 e. The summed E-state index contributed by atoms with van der Waals surface area (Å²) in [5.74, 6) is -1.02. The number of esters is 1. The first-order valence-electron chi connectivity index (χ1n) is 9.22. The lowest BCUT2D eigenvalue weighted by Crippen LogP contribution is -2.28. The molecule has 0 radical (unpaired) electrons. The molecule has 0 aromatic heterocycles. The van der Waals surface area contributed by atoms with Crippen molar-refractivity contribution < 1.29 is 27.5 Å². The maximum atomic E-state index is 12.7. The zero-order valence-electron chi connectivity index (χ0n) is 16.3. The summed E-state index contributed by atoms with van der Waals surface area (Å²) in [7, 11) is -2.25. The summed E-state index contributed by atoms with van der Waals surface area (Å²) < 4.78 is 36.9. The summed E-state index contributed by atoms with van der Waals surface area (Å²) in [6, 6.07) is 10.6. The average molecular weight is 453 g/mol. The van der Waals surface area contributed by atoms with Crippen LogP contribution in [0.25, 0.3) is 0 Å². The number of ether oxygens (including phenoxy) is 2. The van der Waals surface area contributed by atoms with Gasteiger partial charge in [0.2, 0.25) is 10.0 Å². The molecule has 3 rings (SSSR count). The molecular formula is C20H21ClN2O6S. The van der Waals surface area contributed by atoms with E-state index in [1.807, 2.05) is 0 Å². The van der Waals surface area contributed by atoms with Crippen LogP contribution in [0.4, 0.5) is 5.69 Å². The van der Waals surface area contributed by atoms with E-state index in [1.54, 1.807) is 24.3 Å². The van der Waals surface area contributed by atoms with Crippen LogP contribution in [0.1, 0.15) is 23.2 Å². The molecule has 0 aliphatic carbocycles. The van der Waals surface area contributed by atoms with Crippen molar-refractivity contribution >= 4 is 39.2 Å². The van der Waals surface area contributed by atoms with E-state index in [0.717, 1.165) is 12.8 Å². The third-order valence-corrected chi connectivity index (χ3v) is 6.80. The van der Waals surface area contributed by atoms with Gasteiger partial charge in [0.05, 0.1) is 28.3 Å². The van der Waals surface area contributed by atoms with Crippen molar-refractivity contribution in [1.29, 1.82) is 0 Å². The second-order valence-electron chi connectivity index (χ2n) is 6.58. The molecule has 1 heterocycles. The summed E-state index contributed by atoms with van der Waals surface area (Å²) in [4.78, 5) is 24.5. The molecule has 1 aliphatic heterocycles. The number of para-hydroxylation sites is 2. The van der Waals surface area contributed by atoms with Gasteiger partial charge in [-0.25, -0.2) is 13.2 Å². The largest absolute Gasteiger partial charge is 0.495 e. The van der Waals surface area contributed by atoms with Crippen molar-refractivity contribution in [3.8, 4) is 5.75 Å². The first-order chi connectivity index (χ1) is 14.3. The highest BCUT2D eigenvalue weighted by atomic mass is 35.5. The first-order valence-corrected chi connectivity index (χ1v) is 11.0. The third-order valence-electron chi connectivity index (χ3n) is 4.58. The van der Waals surface area contributed by atoms with Gasteiger partial charge in [0, 0.05) is 13.1 Å². The Bertz CT molecular complexity index is 1050. The van der Waals surface area contributed by atoms with Crippen LogP contribution in [0, 0.1) is 0 Å². The predicted octanol–water partition coefficient (Wildman–Crippen LogP) is 2.93. The molecule has 0 spiro atoms. The molecule has 30 heavy (non-hydrogen) atoms. The van der Waals surface area contributed by atoms with Crippen LogP contribution in [0.3, 0.4) is 0 Å². The van der Waals surface area contributed by atoms with Gasteiger partial charge in [0.25, 0.3) is 5.91 Å². The number of amides is 1. The maximum Gasteiger partial charge on any atom is 0.340 e. The van der Waals surface area contributed by atoms with E-state index < -0.39 is 28.5 Å². The summed E-state index contributed by atoms with van der Waals surface area (Å²) in [5.41, 5.74) is 0.305. The van der Waals surface area contributed by atoms with Crippen LogP contribution in [0.15, 0.2) is 47.4 Å². The number of nitrogens with zero attached hydrogens (tertiary/aromatic N) is 1. The maximum absolute atomic E-state index is 12.7. The zero-order chi connectivity index (χ0) is 21.7. The molecule has 160 valence electrons. The van der Waals surface area contributed by atoms with Crippen molar-refractivity contribution in [2.45, 2.75) is 17.7 Å². The van der Waals surface area contributed by atoms with Crippen LogP contribution >= 0.6 is 11.6 Å². The number of rotatable bonds is 7. The summed E-state index contributed by atoms with van der Waals surface area (Å²) in [6.45, 7) is 0.304. The van der Waals surface area contributed by atoms with Gasteiger partial charge in [-0.3, -0.25) is 4.79 Å². The number of carbonyl (C=O) groups excluding carboxylic acids is 2. The molecule has 0 unspecified atom stereocenters.